The molecule has 4 heterocycles. The van der Waals surface area contributed by atoms with E-state index in [2.05, 4.69) is 25.4 Å². The summed E-state index contributed by atoms with van der Waals surface area (Å²) in [7, 11) is 0. The van der Waals surface area contributed by atoms with Gasteiger partial charge in [0.25, 0.3) is 11.6 Å². The van der Waals surface area contributed by atoms with Crippen LogP contribution in [0.5, 0.6) is 0 Å². The summed E-state index contributed by atoms with van der Waals surface area (Å²) in [5, 5.41) is 7.36. The Hall–Kier alpha value is -3.55. The number of hydrogen-bond donors (Lipinski definition) is 1. The molecular weight excluding hydrogens is 320 g/mol. The van der Waals surface area contributed by atoms with Gasteiger partial charge in [-0.3, -0.25) is 9.36 Å². The predicted molar refractivity (Wildman–Crippen MR) is 90.6 cm³/mol. The van der Waals surface area contributed by atoms with Gasteiger partial charge in [-0.1, -0.05) is 5.16 Å². The molecule has 0 aromatic carbocycles. The number of pyridine rings is 2. The minimum atomic E-state index is -0.275. The Balaban J connectivity index is 1.55. The summed E-state index contributed by atoms with van der Waals surface area (Å²) in [6.07, 6.45) is 6.60. The average Bonchev–Trinajstić information content (AvgIpc) is 3.21. The average molecular weight is 334 g/mol. The molecule has 0 saturated heterocycles. The lowest BCUT2D eigenvalue weighted by molar-refractivity contribution is 0.102. The van der Waals surface area contributed by atoms with Gasteiger partial charge in [0, 0.05) is 18.6 Å². The summed E-state index contributed by atoms with van der Waals surface area (Å²) in [5.74, 6) is 1.30. The fraction of sp³-hybridized carbons (Fsp3) is 0.118. The molecular formula is C17H14N6O2. The number of nitrogens with one attached hydrogen (secondary N) is 1. The van der Waals surface area contributed by atoms with Gasteiger partial charge in [-0.25, -0.2) is 15.0 Å². The Morgan fingerprint density at radius 3 is 2.76 bits per heavy atom. The van der Waals surface area contributed by atoms with E-state index in [0.717, 1.165) is 17.0 Å². The number of nitrogens with zero attached hydrogens (tertiary/aromatic N) is 5. The van der Waals surface area contributed by atoms with Crippen LogP contribution in [0.15, 0.2) is 47.5 Å². The maximum atomic E-state index is 12.4. The molecule has 0 atom stereocenters. The van der Waals surface area contributed by atoms with E-state index in [0.29, 0.717) is 22.7 Å². The number of anilines is 1. The van der Waals surface area contributed by atoms with Gasteiger partial charge in [0.05, 0.1) is 28.5 Å². The summed E-state index contributed by atoms with van der Waals surface area (Å²) in [4.78, 5) is 25.0. The molecule has 0 aliphatic rings. The minimum Gasteiger partial charge on any atom is -0.336 e. The van der Waals surface area contributed by atoms with Gasteiger partial charge in [0.2, 0.25) is 0 Å². The number of aryl methyl sites for hydroxylation is 2. The molecule has 4 aromatic heterocycles. The highest BCUT2D eigenvalue weighted by molar-refractivity contribution is 6.05. The number of carbonyl (C=O) groups excluding carboxylic acids is 1. The largest absolute Gasteiger partial charge is 0.336 e. The van der Waals surface area contributed by atoms with Crippen LogP contribution in [0.2, 0.25) is 0 Å². The van der Waals surface area contributed by atoms with E-state index in [-0.39, 0.29) is 5.91 Å². The summed E-state index contributed by atoms with van der Waals surface area (Å²) in [5.41, 5.74) is 2.12. The summed E-state index contributed by atoms with van der Waals surface area (Å²) in [6.45, 7) is 3.70. The van der Waals surface area contributed by atoms with Crippen LogP contribution >= 0.6 is 0 Å². The molecule has 0 radical (unpaired) electrons. The van der Waals surface area contributed by atoms with Crippen LogP contribution in [0, 0.1) is 13.8 Å². The minimum absolute atomic E-state index is 0.275. The number of aromatic nitrogens is 5. The maximum absolute atomic E-state index is 12.4. The predicted octanol–water partition coefficient (Wildman–Crippen LogP) is 2.67. The van der Waals surface area contributed by atoms with Gasteiger partial charge in [0.1, 0.15) is 11.6 Å². The molecule has 8 nitrogen and oxygen atoms in total. The highest BCUT2D eigenvalue weighted by atomic mass is 16.5. The first kappa shape index (κ1) is 15.0. The van der Waals surface area contributed by atoms with Crippen molar-refractivity contribution >= 4 is 22.7 Å². The van der Waals surface area contributed by atoms with E-state index < -0.39 is 0 Å². The highest BCUT2D eigenvalue weighted by Gasteiger charge is 2.12. The van der Waals surface area contributed by atoms with Gasteiger partial charge < -0.3 is 9.84 Å². The van der Waals surface area contributed by atoms with E-state index >= 15 is 0 Å². The Morgan fingerprint density at radius 2 is 2.04 bits per heavy atom. The third-order valence-corrected chi connectivity index (χ3v) is 3.85. The second-order valence-corrected chi connectivity index (χ2v) is 5.55. The number of imidazole rings is 1. The van der Waals surface area contributed by atoms with Gasteiger partial charge >= 0.3 is 0 Å². The number of fused-ring (bicyclic) bond motifs is 1. The van der Waals surface area contributed by atoms with Gasteiger partial charge in [-0.05, 0) is 32.0 Å². The second-order valence-electron chi connectivity index (χ2n) is 5.55. The zero-order chi connectivity index (χ0) is 17.4. The fourth-order valence-corrected chi connectivity index (χ4v) is 2.50. The number of hydrogen-bond acceptors (Lipinski definition) is 6. The van der Waals surface area contributed by atoms with Gasteiger partial charge in [0.15, 0.2) is 0 Å². The lowest BCUT2D eigenvalue weighted by atomic mass is 10.2. The molecule has 0 saturated carbocycles. The summed E-state index contributed by atoms with van der Waals surface area (Å²) >= 11 is 0. The quantitative estimate of drug-likeness (QED) is 0.618. The lowest BCUT2D eigenvalue weighted by Gasteiger charge is -2.07. The molecule has 4 rings (SSSR count). The number of rotatable bonds is 3. The highest BCUT2D eigenvalue weighted by Crippen LogP contribution is 2.18. The van der Waals surface area contributed by atoms with Crippen molar-refractivity contribution in [2.45, 2.75) is 13.8 Å². The monoisotopic (exact) mass is 334 g/mol. The molecule has 8 heteroatoms. The molecule has 1 amide bonds. The normalized spacial score (nSPS) is 11.0. The maximum Gasteiger partial charge on any atom is 0.257 e. The molecule has 0 bridgehead atoms. The first-order valence-electron chi connectivity index (χ1n) is 7.61. The topological polar surface area (TPSA) is 98.7 Å². The first-order chi connectivity index (χ1) is 12.1. The molecule has 0 fully saturated rings. The van der Waals surface area contributed by atoms with E-state index in [1.807, 2.05) is 23.8 Å². The van der Waals surface area contributed by atoms with Crippen LogP contribution in [-0.4, -0.2) is 30.6 Å². The third-order valence-electron chi connectivity index (χ3n) is 3.85. The smallest absolute Gasteiger partial charge is 0.257 e. The van der Waals surface area contributed by atoms with Crippen LogP contribution in [0.1, 0.15) is 21.9 Å². The van der Waals surface area contributed by atoms with Crippen molar-refractivity contribution in [3.05, 3.63) is 60.1 Å². The SMILES string of the molecule is Cc1noc2ncc(C(=O)Nc3ccc(-n4ccnc4C)nc3)cc12. The molecule has 1 N–H and O–H groups in total. The Bertz CT molecular complexity index is 1060. The van der Waals surface area contributed by atoms with Crippen LogP contribution in [0.25, 0.3) is 16.9 Å². The van der Waals surface area contributed by atoms with E-state index in [1.165, 1.54) is 6.20 Å². The molecule has 0 aliphatic carbocycles. The zero-order valence-corrected chi connectivity index (χ0v) is 13.6. The van der Waals surface area contributed by atoms with Gasteiger partial charge in [-0.15, -0.1) is 0 Å². The van der Waals surface area contributed by atoms with Crippen molar-refractivity contribution in [2.24, 2.45) is 0 Å². The fourth-order valence-electron chi connectivity index (χ4n) is 2.50. The summed E-state index contributed by atoms with van der Waals surface area (Å²) in [6, 6.07) is 5.31. The zero-order valence-electron chi connectivity index (χ0n) is 13.6. The van der Waals surface area contributed by atoms with Crippen molar-refractivity contribution in [2.75, 3.05) is 5.32 Å². The summed E-state index contributed by atoms with van der Waals surface area (Å²) < 4.78 is 6.91. The van der Waals surface area contributed by atoms with E-state index in [4.69, 9.17) is 4.52 Å². The molecule has 25 heavy (non-hydrogen) atoms. The molecule has 0 spiro atoms. The van der Waals surface area contributed by atoms with Crippen LogP contribution in [0.3, 0.4) is 0 Å². The van der Waals surface area contributed by atoms with Crippen LogP contribution in [-0.2, 0) is 0 Å². The first-order valence-corrected chi connectivity index (χ1v) is 7.61. The molecule has 0 aliphatic heterocycles. The second kappa shape index (κ2) is 5.82. The van der Waals surface area contributed by atoms with Crippen LogP contribution in [0.4, 0.5) is 5.69 Å². The van der Waals surface area contributed by atoms with Gasteiger partial charge in [-0.2, -0.15) is 0 Å². The van der Waals surface area contributed by atoms with E-state index in [9.17, 15) is 4.79 Å². The van der Waals surface area contributed by atoms with E-state index in [1.54, 1.807) is 31.5 Å². The van der Waals surface area contributed by atoms with Crippen LogP contribution < -0.4 is 5.32 Å². The number of carbonyl (C=O) groups is 1. The Labute approximate surface area is 142 Å². The molecule has 0 unspecified atom stereocenters. The van der Waals surface area contributed by atoms with Crippen molar-refractivity contribution in [3.63, 3.8) is 0 Å². The van der Waals surface area contributed by atoms with Crippen molar-refractivity contribution < 1.29 is 9.32 Å². The van der Waals surface area contributed by atoms with Crippen molar-refractivity contribution in [1.29, 1.82) is 0 Å². The molecule has 124 valence electrons. The Morgan fingerprint density at radius 1 is 1.16 bits per heavy atom. The standard InChI is InChI=1S/C17H14N6O2/c1-10-14-7-12(8-20-17(14)25-22-10)16(24)21-13-3-4-15(19-9-13)23-6-5-18-11(23)2/h3-9H,1-2H3,(H,21,24). The van der Waals surface area contributed by atoms with Crippen molar-refractivity contribution in [3.8, 4) is 5.82 Å². The Kier molecular flexibility index (Phi) is 3.50. The van der Waals surface area contributed by atoms with Crippen molar-refractivity contribution in [1.82, 2.24) is 24.7 Å². The number of amides is 1. The third kappa shape index (κ3) is 2.74. The molecule has 4 aromatic rings. The lowest BCUT2D eigenvalue weighted by Crippen LogP contribution is -2.12.